The molecule has 3 nitrogen and oxygen atoms in total. The van der Waals surface area contributed by atoms with Crippen molar-refractivity contribution in [2.24, 2.45) is 17.3 Å². The van der Waals surface area contributed by atoms with E-state index in [1.165, 1.54) is 43.2 Å². The zero-order chi connectivity index (χ0) is 16.2. The molecule has 0 bridgehead atoms. The van der Waals surface area contributed by atoms with E-state index < -0.39 is 0 Å². The number of benzene rings is 1. The summed E-state index contributed by atoms with van der Waals surface area (Å²) in [6.07, 6.45) is 7.77. The number of aromatic hydroxyl groups is 1. The van der Waals surface area contributed by atoms with Gasteiger partial charge in [0.1, 0.15) is 0 Å². The molecule has 3 aliphatic rings. The molecule has 23 heavy (non-hydrogen) atoms. The van der Waals surface area contributed by atoms with Crippen LogP contribution in [0.1, 0.15) is 56.1 Å². The number of ether oxygens (including phenoxy) is 2. The van der Waals surface area contributed by atoms with Crippen molar-refractivity contribution in [3.8, 4) is 11.5 Å². The van der Waals surface area contributed by atoms with Crippen LogP contribution < -0.4 is 4.74 Å². The lowest BCUT2D eigenvalue weighted by Gasteiger charge is -2.50. The van der Waals surface area contributed by atoms with Gasteiger partial charge >= 0.3 is 0 Å². The predicted molar refractivity (Wildman–Crippen MR) is 90.1 cm³/mol. The van der Waals surface area contributed by atoms with E-state index in [0.717, 1.165) is 18.3 Å². The van der Waals surface area contributed by atoms with Crippen LogP contribution in [0.4, 0.5) is 0 Å². The van der Waals surface area contributed by atoms with Crippen LogP contribution >= 0.6 is 0 Å². The second kappa shape index (κ2) is 5.41. The normalized spacial score (nSPS) is 38.6. The van der Waals surface area contributed by atoms with Crippen molar-refractivity contribution in [2.75, 3.05) is 14.2 Å². The van der Waals surface area contributed by atoms with E-state index in [4.69, 9.17) is 9.47 Å². The minimum atomic E-state index is 0.283. The topological polar surface area (TPSA) is 38.7 Å². The van der Waals surface area contributed by atoms with Crippen LogP contribution in [0.15, 0.2) is 12.1 Å². The van der Waals surface area contributed by atoms with Gasteiger partial charge in [-0.15, -0.1) is 0 Å². The SMILES string of the molecule is COc1cc2c(cc1O)CC[C@@H]1[C@@H]2CC[C@]2(C)[C@@H](OC)CC[C@@H]12. The summed E-state index contributed by atoms with van der Waals surface area (Å²) in [5, 5.41) is 10.1. The fraction of sp³-hybridized carbons (Fsp3) is 0.700. The Labute approximate surface area is 139 Å². The molecular formula is C20H28O3. The Kier molecular flexibility index (Phi) is 3.60. The summed E-state index contributed by atoms with van der Waals surface area (Å²) in [5.74, 6) is 3.07. The van der Waals surface area contributed by atoms with E-state index in [1.807, 2.05) is 13.2 Å². The Hall–Kier alpha value is -1.22. The highest BCUT2D eigenvalue weighted by atomic mass is 16.5. The maximum Gasteiger partial charge on any atom is 0.160 e. The van der Waals surface area contributed by atoms with E-state index in [9.17, 15) is 5.11 Å². The van der Waals surface area contributed by atoms with Gasteiger partial charge in [0, 0.05) is 7.11 Å². The zero-order valence-corrected chi connectivity index (χ0v) is 14.5. The summed E-state index contributed by atoms with van der Waals surface area (Å²) < 4.78 is 11.2. The monoisotopic (exact) mass is 316 g/mol. The maximum absolute atomic E-state index is 10.1. The molecule has 0 heterocycles. The molecular weight excluding hydrogens is 288 g/mol. The molecule has 2 fully saturated rings. The van der Waals surface area contributed by atoms with Crippen molar-refractivity contribution in [2.45, 2.75) is 57.5 Å². The molecule has 0 spiro atoms. The van der Waals surface area contributed by atoms with Crippen molar-refractivity contribution >= 4 is 0 Å². The number of rotatable bonds is 2. The van der Waals surface area contributed by atoms with E-state index in [1.54, 1.807) is 7.11 Å². The first kappa shape index (κ1) is 15.3. The fourth-order valence-electron chi connectivity index (χ4n) is 6.09. The van der Waals surface area contributed by atoms with Crippen LogP contribution in [0.5, 0.6) is 11.5 Å². The Bertz CT molecular complexity index is 611. The average molecular weight is 316 g/mol. The first-order valence-corrected chi connectivity index (χ1v) is 9.01. The summed E-state index contributed by atoms with van der Waals surface area (Å²) in [6.45, 7) is 2.46. The number of hydrogen-bond donors (Lipinski definition) is 1. The fourth-order valence-corrected chi connectivity index (χ4v) is 6.09. The smallest absolute Gasteiger partial charge is 0.160 e. The van der Waals surface area contributed by atoms with Crippen LogP contribution in [0, 0.1) is 17.3 Å². The van der Waals surface area contributed by atoms with Crippen molar-refractivity contribution in [1.82, 2.24) is 0 Å². The van der Waals surface area contributed by atoms with Gasteiger partial charge in [-0.05, 0) is 85.0 Å². The number of fused-ring (bicyclic) bond motifs is 5. The molecule has 1 N–H and O–H groups in total. The predicted octanol–water partition coefficient (Wildman–Crippen LogP) is 4.27. The summed E-state index contributed by atoms with van der Waals surface area (Å²) in [6, 6.07) is 4.04. The first-order valence-electron chi connectivity index (χ1n) is 9.01. The summed E-state index contributed by atoms with van der Waals surface area (Å²) in [7, 11) is 3.52. The summed E-state index contributed by atoms with van der Waals surface area (Å²) in [4.78, 5) is 0. The Morgan fingerprint density at radius 3 is 2.70 bits per heavy atom. The zero-order valence-electron chi connectivity index (χ0n) is 14.5. The molecule has 1 aromatic carbocycles. The molecule has 0 unspecified atom stereocenters. The van der Waals surface area contributed by atoms with E-state index >= 15 is 0 Å². The molecule has 0 saturated heterocycles. The molecule has 3 aliphatic carbocycles. The van der Waals surface area contributed by atoms with Gasteiger partial charge in [0.2, 0.25) is 0 Å². The van der Waals surface area contributed by atoms with Crippen LogP contribution in [-0.2, 0) is 11.2 Å². The first-order chi connectivity index (χ1) is 11.1. The van der Waals surface area contributed by atoms with Crippen LogP contribution in [-0.4, -0.2) is 25.4 Å². The Morgan fingerprint density at radius 1 is 1.13 bits per heavy atom. The van der Waals surface area contributed by atoms with Crippen LogP contribution in [0.25, 0.3) is 0 Å². The number of phenolic OH excluding ortho intramolecular Hbond substituents is 1. The van der Waals surface area contributed by atoms with Crippen molar-refractivity contribution in [3.05, 3.63) is 23.3 Å². The summed E-state index contributed by atoms with van der Waals surface area (Å²) in [5.41, 5.74) is 3.11. The van der Waals surface area contributed by atoms with Gasteiger partial charge in [0.25, 0.3) is 0 Å². The molecule has 1 aromatic rings. The molecule has 0 aliphatic heterocycles. The van der Waals surface area contributed by atoms with Gasteiger partial charge in [0.05, 0.1) is 13.2 Å². The molecule has 2 saturated carbocycles. The van der Waals surface area contributed by atoms with Crippen LogP contribution in [0.3, 0.4) is 0 Å². The largest absolute Gasteiger partial charge is 0.504 e. The quantitative estimate of drug-likeness (QED) is 0.885. The summed E-state index contributed by atoms with van der Waals surface area (Å²) >= 11 is 0. The molecule has 5 atom stereocenters. The van der Waals surface area contributed by atoms with E-state index in [2.05, 4.69) is 13.0 Å². The third kappa shape index (κ3) is 2.12. The average Bonchev–Trinajstić information content (AvgIpc) is 2.90. The number of phenols is 1. The molecule has 0 aromatic heterocycles. The number of aryl methyl sites for hydroxylation is 1. The molecule has 4 rings (SSSR count). The molecule has 3 heteroatoms. The standard InChI is InChI=1S/C20H28O3/c1-20-9-8-13-14(16(20)6-7-19(20)23-3)5-4-12-10-17(21)18(22-2)11-15(12)13/h10-11,13-14,16,19,21H,4-9H2,1-3H3/t13-,14+,16-,19-,20-/m0/s1. The second-order valence-corrected chi connectivity index (χ2v) is 7.98. The third-order valence-corrected chi connectivity index (χ3v) is 7.22. The molecule has 126 valence electrons. The Balaban J connectivity index is 1.70. The van der Waals surface area contributed by atoms with E-state index in [-0.39, 0.29) is 5.75 Å². The van der Waals surface area contributed by atoms with Gasteiger partial charge < -0.3 is 14.6 Å². The van der Waals surface area contributed by atoms with E-state index in [0.29, 0.717) is 23.2 Å². The van der Waals surface area contributed by atoms with Gasteiger partial charge in [-0.3, -0.25) is 0 Å². The van der Waals surface area contributed by atoms with Crippen LogP contribution in [0.2, 0.25) is 0 Å². The molecule has 0 amide bonds. The highest BCUT2D eigenvalue weighted by Gasteiger charge is 2.55. The van der Waals surface area contributed by atoms with Crippen molar-refractivity contribution in [1.29, 1.82) is 0 Å². The van der Waals surface area contributed by atoms with Gasteiger partial charge in [-0.1, -0.05) is 6.92 Å². The minimum Gasteiger partial charge on any atom is -0.504 e. The van der Waals surface area contributed by atoms with Gasteiger partial charge in [-0.25, -0.2) is 0 Å². The van der Waals surface area contributed by atoms with Gasteiger partial charge in [-0.2, -0.15) is 0 Å². The van der Waals surface area contributed by atoms with Crippen molar-refractivity contribution in [3.63, 3.8) is 0 Å². The minimum absolute atomic E-state index is 0.283. The second-order valence-electron chi connectivity index (χ2n) is 7.98. The lowest BCUT2D eigenvalue weighted by Crippen LogP contribution is -2.44. The number of methoxy groups -OCH3 is 2. The highest BCUT2D eigenvalue weighted by molar-refractivity contribution is 5.49. The Morgan fingerprint density at radius 2 is 1.96 bits per heavy atom. The lowest BCUT2D eigenvalue weighted by molar-refractivity contribution is -0.0444. The van der Waals surface area contributed by atoms with Crippen molar-refractivity contribution < 1.29 is 14.6 Å². The number of hydrogen-bond acceptors (Lipinski definition) is 3. The lowest BCUT2D eigenvalue weighted by atomic mass is 9.55. The maximum atomic E-state index is 10.1. The third-order valence-electron chi connectivity index (χ3n) is 7.22. The highest BCUT2D eigenvalue weighted by Crippen LogP contribution is 2.61. The molecule has 0 radical (unpaired) electrons. The van der Waals surface area contributed by atoms with Gasteiger partial charge in [0.15, 0.2) is 11.5 Å².